The van der Waals surface area contributed by atoms with Crippen molar-refractivity contribution in [3.05, 3.63) is 130 Å². The van der Waals surface area contributed by atoms with Gasteiger partial charge in [-0.15, -0.1) is 0 Å². The fraction of sp³-hybridized carbons (Fsp3) is 0.619. The van der Waals surface area contributed by atoms with Gasteiger partial charge in [-0.2, -0.15) is 0 Å². The van der Waals surface area contributed by atoms with Crippen molar-refractivity contribution in [3.8, 4) is 0 Å². The number of unbranched alkanes of at least 4 members (excludes halogenated alkanes) is 18. The quantitative estimate of drug-likeness (QED) is 0.0363. The first-order valence-electron chi connectivity index (χ1n) is 27.9. The van der Waals surface area contributed by atoms with E-state index in [1.165, 1.54) is 232 Å². The van der Waals surface area contributed by atoms with Gasteiger partial charge in [-0.1, -0.05) is 267 Å². The van der Waals surface area contributed by atoms with E-state index in [2.05, 4.69) is 118 Å². The molecule has 2 nitrogen and oxygen atoms in total. The summed E-state index contributed by atoms with van der Waals surface area (Å²) >= 11 is 0. The Morgan fingerprint density at radius 1 is 0.323 bits per heavy atom. The van der Waals surface area contributed by atoms with Crippen LogP contribution in [0.5, 0.6) is 0 Å². The first kappa shape index (κ1) is 52.4. The number of nitrogen functional groups attached to an aromatic ring is 2. The van der Waals surface area contributed by atoms with E-state index >= 15 is 0 Å². The summed E-state index contributed by atoms with van der Waals surface area (Å²) in [5.41, 5.74) is 22.8. The zero-order valence-corrected chi connectivity index (χ0v) is 42.2. The lowest BCUT2D eigenvalue weighted by molar-refractivity contribution is 0.218. The standard InChI is InChI=1S/C63H96N2/c1-4-7-9-11-13-15-17-19-21-26-31-61(57-41-46-59(64)47-42-57)53-33-37-55(38-34-53)63(50-45-51(28-6-3)52-29-24-23-25-30-52)56-39-35-54(36-40-56)62(58-43-48-60(65)49-44-58)32-27-22-20-18-16-14-12-10-8-5-2/h33-44,46-49,51-52,61-63H,4-32,45,50,64-65H2,1-3H3. The third-order valence-corrected chi connectivity index (χ3v) is 15.7. The second-order valence-corrected chi connectivity index (χ2v) is 20.8. The molecule has 358 valence electrons. The Balaban J connectivity index is 1.32. The molecule has 1 aliphatic carbocycles. The Morgan fingerprint density at radius 2 is 0.615 bits per heavy atom. The summed E-state index contributed by atoms with van der Waals surface area (Å²) in [6.45, 7) is 7.02. The molecule has 0 amide bonds. The summed E-state index contributed by atoms with van der Waals surface area (Å²) in [4.78, 5) is 0. The minimum absolute atomic E-state index is 0.398. The molecule has 1 aliphatic rings. The van der Waals surface area contributed by atoms with E-state index in [-0.39, 0.29) is 0 Å². The van der Waals surface area contributed by atoms with Gasteiger partial charge in [0.2, 0.25) is 0 Å². The Morgan fingerprint density at radius 3 is 0.938 bits per heavy atom. The van der Waals surface area contributed by atoms with Crippen molar-refractivity contribution in [2.24, 2.45) is 11.8 Å². The van der Waals surface area contributed by atoms with Crippen LogP contribution in [0.1, 0.15) is 271 Å². The van der Waals surface area contributed by atoms with Gasteiger partial charge >= 0.3 is 0 Å². The molecule has 3 atom stereocenters. The van der Waals surface area contributed by atoms with Gasteiger partial charge in [-0.05, 0) is 95.2 Å². The fourth-order valence-corrected chi connectivity index (χ4v) is 11.6. The first-order valence-corrected chi connectivity index (χ1v) is 27.9. The molecule has 1 saturated carbocycles. The molecule has 4 aromatic rings. The Kier molecular flexibility index (Phi) is 25.4. The van der Waals surface area contributed by atoms with Gasteiger partial charge in [0.15, 0.2) is 0 Å². The molecule has 0 spiro atoms. The second kappa shape index (κ2) is 31.5. The molecule has 3 unspecified atom stereocenters. The SMILES string of the molecule is CCCCCCCCCCCCC(c1ccc(N)cc1)c1ccc(C(CCC(CCC)C2CCCCC2)c2ccc(C(CCCCCCCCCCCC)c3ccc(N)cc3)cc2)cc1. The van der Waals surface area contributed by atoms with E-state index in [0.717, 1.165) is 23.2 Å². The average molecular weight is 881 g/mol. The lowest BCUT2D eigenvalue weighted by Gasteiger charge is -2.32. The Labute approximate surface area is 401 Å². The van der Waals surface area contributed by atoms with Crippen molar-refractivity contribution in [1.29, 1.82) is 0 Å². The molecule has 65 heavy (non-hydrogen) atoms. The number of benzene rings is 4. The molecule has 0 heterocycles. The van der Waals surface area contributed by atoms with E-state index in [4.69, 9.17) is 11.5 Å². The summed E-state index contributed by atoms with van der Waals surface area (Å²) in [7, 11) is 0. The van der Waals surface area contributed by atoms with Crippen molar-refractivity contribution in [3.63, 3.8) is 0 Å². The van der Waals surface area contributed by atoms with Crippen LogP contribution < -0.4 is 11.5 Å². The second-order valence-electron chi connectivity index (χ2n) is 20.8. The maximum absolute atomic E-state index is 6.21. The van der Waals surface area contributed by atoms with Crippen LogP contribution in [0.3, 0.4) is 0 Å². The molecule has 0 aromatic heterocycles. The zero-order valence-electron chi connectivity index (χ0n) is 42.2. The van der Waals surface area contributed by atoms with Crippen LogP contribution in [0.15, 0.2) is 97.1 Å². The summed E-state index contributed by atoms with van der Waals surface area (Å²) < 4.78 is 0. The van der Waals surface area contributed by atoms with Crippen molar-refractivity contribution in [2.75, 3.05) is 11.5 Å². The third-order valence-electron chi connectivity index (χ3n) is 15.7. The lowest BCUT2D eigenvalue weighted by Crippen LogP contribution is -2.19. The van der Waals surface area contributed by atoms with E-state index in [1.807, 2.05) is 0 Å². The van der Waals surface area contributed by atoms with Gasteiger partial charge in [0, 0.05) is 29.1 Å². The predicted molar refractivity (Wildman–Crippen MR) is 287 cm³/mol. The van der Waals surface area contributed by atoms with Gasteiger partial charge in [-0.3, -0.25) is 0 Å². The van der Waals surface area contributed by atoms with Gasteiger partial charge in [0.05, 0.1) is 0 Å². The molecule has 5 rings (SSSR count). The smallest absolute Gasteiger partial charge is 0.0314 e. The summed E-state index contributed by atoms with van der Waals surface area (Å²) in [5, 5.41) is 0. The van der Waals surface area contributed by atoms with Crippen molar-refractivity contribution in [1.82, 2.24) is 0 Å². The number of anilines is 2. The van der Waals surface area contributed by atoms with Crippen LogP contribution in [-0.2, 0) is 0 Å². The van der Waals surface area contributed by atoms with E-state index in [9.17, 15) is 0 Å². The molecule has 0 saturated heterocycles. The first-order chi connectivity index (χ1) is 32.0. The van der Waals surface area contributed by atoms with Crippen LogP contribution in [0, 0.1) is 11.8 Å². The van der Waals surface area contributed by atoms with Crippen LogP contribution >= 0.6 is 0 Å². The van der Waals surface area contributed by atoms with Crippen LogP contribution in [-0.4, -0.2) is 0 Å². The zero-order chi connectivity index (χ0) is 45.7. The van der Waals surface area contributed by atoms with Crippen molar-refractivity contribution in [2.45, 2.75) is 238 Å². The number of rotatable bonds is 34. The van der Waals surface area contributed by atoms with Crippen molar-refractivity contribution >= 4 is 11.4 Å². The number of hydrogen-bond donors (Lipinski definition) is 2. The van der Waals surface area contributed by atoms with Gasteiger partial charge in [0.1, 0.15) is 0 Å². The van der Waals surface area contributed by atoms with Crippen LogP contribution in [0.25, 0.3) is 0 Å². The normalized spacial score (nSPS) is 15.2. The summed E-state index contributed by atoms with van der Waals surface area (Å²) in [6.07, 6.45) is 42.2. The highest BCUT2D eigenvalue weighted by Gasteiger charge is 2.26. The molecule has 1 fully saturated rings. The van der Waals surface area contributed by atoms with Gasteiger partial charge in [-0.25, -0.2) is 0 Å². The minimum atomic E-state index is 0.398. The maximum atomic E-state index is 6.21. The molecule has 0 bridgehead atoms. The molecule has 0 aliphatic heterocycles. The molecular formula is C63H96N2. The highest BCUT2D eigenvalue weighted by molar-refractivity contribution is 5.45. The molecule has 0 radical (unpaired) electrons. The third kappa shape index (κ3) is 18.9. The maximum Gasteiger partial charge on any atom is 0.0314 e. The number of nitrogens with two attached hydrogens (primary N) is 2. The van der Waals surface area contributed by atoms with Crippen LogP contribution in [0.4, 0.5) is 11.4 Å². The number of hydrogen-bond acceptors (Lipinski definition) is 2. The fourth-order valence-electron chi connectivity index (χ4n) is 11.6. The topological polar surface area (TPSA) is 52.0 Å². The highest BCUT2D eigenvalue weighted by atomic mass is 14.5. The van der Waals surface area contributed by atoms with E-state index in [0.29, 0.717) is 17.8 Å². The molecule has 2 heteroatoms. The Hall–Kier alpha value is -3.52. The van der Waals surface area contributed by atoms with E-state index in [1.54, 1.807) is 0 Å². The average Bonchev–Trinajstić information content (AvgIpc) is 3.34. The van der Waals surface area contributed by atoms with E-state index < -0.39 is 0 Å². The lowest BCUT2D eigenvalue weighted by atomic mass is 9.74. The van der Waals surface area contributed by atoms with Gasteiger partial charge in [0.25, 0.3) is 0 Å². The summed E-state index contributed by atoms with van der Waals surface area (Å²) in [6, 6.07) is 37.5. The summed E-state index contributed by atoms with van der Waals surface area (Å²) in [5.74, 6) is 2.95. The largest absolute Gasteiger partial charge is 0.399 e. The molecule has 4 aromatic carbocycles. The Bertz CT molecular complexity index is 1630. The highest BCUT2D eigenvalue weighted by Crippen LogP contribution is 2.41. The van der Waals surface area contributed by atoms with Gasteiger partial charge < -0.3 is 11.5 Å². The van der Waals surface area contributed by atoms with Crippen LogP contribution in [0.2, 0.25) is 0 Å². The predicted octanol–water partition coefficient (Wildman–Crippen LogP) is 19.6. The molecule has 4 N–H and O–H groups in total. The minimum Gasteiger partial charge on any atom is -0.399 e. The molecular weight excluding hydrogens is 785 g/mol. The monoisotopic (exact) mass is 881 g/mol. The van der Waals surface area contributed by atoms with Crippen molar-refractivity contribution < 1.29 is 0 Å².